The smallest absolute Gasteiger partial charge is 0.219 e. The number of aliphatic hydroxyl groups excluding tert-OH is 6. The van der Waals surface area contributed by atoms with Crippen molar-refractivity contribution in [3.8, 4) is 0 Å². The summed E-state index contributed by atoms with van der Waals surface area (Å²) in [5, 5.41) is 66.1. The molecule has 0 bridgehead atoms. The molecule has 4 rings (SSSR count). The van der Waals surface area contributed by atoms with Gasteiger partial charge in [-0.15, -0.1) is 0 Å². The number of aliphatic hydroxyl groups is 6. The molecule has 1 aromatic rings. The average molecular weight is 622 g/mol. The lowest BCUT2D eigenvalue weighted by Gasteiger charge is -2.44. The highest BCUT2D eigenvalue weighted by atomic mass is 16.7. The minimum absolute atomic E-state index is 0.000407. The second-order valence-corrected chi connectivity index (χ2v) is 13.5. The number of hydrogen-bond acceptors (Lipinski definition) is 9. The Morgan fingerprint density at radius 1 is 1.07 bits per heavy atom. The maximum absolute atomic E-state index is 12.0. The molecular weight excluding hydrogens is 566 g/mol. The van der Waals surface area contributed by atoms with Gasteiger partial charge in [-0.3, -0.25) is 4.79 Å². The molecule has 2 saturated carbocycles. The average Bonchev–Trinajstić information content (AvgIpc) is 3.31. The van der Waals surface area contributed by atoms with Gasteiger partial charge in [-0.25, -0.2) is 0 Å². The second-order valence-electron chi connectivity index (χ2n) is 13.5. The maximum atomic E-state index is 12.0. The Balaban J connectivity index is 1.43. The van der Waals surface area contributed by atoms with Gasteiger partial charge in [0.15, 0.2) is 6.29 Å². The third-order valence-corrected chi connectivity index (χ3v) is 10.5. The van der Waals surface area contributed by atoms with E-state index >= 15 is 0 Å². The summed E-state index contributed by atoms with van der Waals surface area (Å²) in [6.07, 6.45) is -0.970. The topological polar surface area (TPSA) is 169 Å². The van der Waals surface area contributed by atoms with E-state index in [1.165, 1.54) is 5.56 Å². The fraction of sp³-hybridized carbons (Fsp3) is 0.794. The molecule has 7 N–H and O–H groups in total. The van der Waals surface area contributed by atoms with Gasteiger partial charge in [-0.05, 0) is 93.4 Å². The summed E-state index contributed by atoms with van der Waals surface area (Å²) in [4.78, 5) is 12.0. The highest BCUT2D eigenvalue weighted by molar-refractivity contribution is 5.75. The summed E-state index contributed by atoms with van der Waals surface area (Å²) in [6, 6.07) is 10.1. The molecular formula is C34H55NO9. The number of aryl methyl sites for hydroxylation is 1. The van der Waals surface area contributed by atoms with Crippen molar-refractivity contribution >= 4 is 5.91 Å². The van der Waals surface area contributed by atoms with Crippen LogP contribution in [0.2, 0.25) is 0 Å². The third-order valence-electron chi connectivity index (χ3n) is 10.5. The number of nitrogens with one attached hydrogen (secondary N) is 1. The van der Waals surface area contributed by atoms with Crippen molar-refractivity contribution in [3.63, 3.8) is 0 Å². The van der Waals surface area contributed by atoms with Gasteiger partial charge in [-0.2, -0.15) is 0 Å². The van der Waals surface area contributed by atoms with Gasteiger partial charge in [0.1, 0.15) is 24.4 Å². The minimum Gasteiger partial charge on any atom is -0.394 e. The first-order chi connectivity index (χ1) is 21.1. The highest BCUT2D eigenvalue weighted by Gasteiger charge is 2.51. The van der Waals surface area contributed by atoms with E-state index in [0.29, 0.717) is 44.1 Å². The van der Waals surface area contributed by atoms with E-state index in [9.17, 15) is 35.4 Å². The van der Waals surface area contributed by atoms with Gasteiger partial charge in [0.2, 0.25) is 5.91 Å². The molecule has 0 aromatic heterocycles. The minimum atomic E-state index is -1.54. The molecule has 0 spiro atoms. The van der Waals surface area contributed by atoms with Crippen LogP contribution in [-0.2, 0) is 20.7 Å². The summed E-state index contributed by atoms with van der Waals surface area (Å²) in [5.41, 5.74) is 1.18. The van der Waals surface area contributed by atoms with Crippen LogP contribution in [0, 0.1) is 29.6 Å². The van der Waals surface area contributed by atoms with Crippen LogP contribution in [0.1, 0.15) is 77.2 Å². The lowest BCUT2D eigenvalue weighted by Crippen LogP contribution is -2.59. The fourth-order valence-electron chi connectivity index (χ4n) is 7.89. The van der Waals surface area contributed by atoms with E-state index in [4.69, 9.17) is 9.47 Å². The van der Waals surface area contributed by atoms with Crippen molar-refractivity contribution in [2.24, 2.45) is 29.6 Å². The van der Waals surface area contributed by atoms with E-state index in [-0.39, 0.29) is 23.7 Å². The molecule has 1 saturated heterocycles. The van der Waals surface area contributed by atoms with E-state index < -0.39 is 55.6 Å². The van der Waals surface area contributed by atoms with Crippen molar-refractivity contribution < 1.29 is 44.9 Å². The molecule has 1 aromatic carbocycles. The van der Waals surface area contributed by atoms with Crippen LogP contribution in [0.4, 0.5) is 0 Å². The van der Waals surface area contributed by atoms with Crippen molar-refractivity contribution in [2.45, 2.75) is 127 Å². The first-order valence-corrected chi connectivity index (χ1v) is 16.8. The Kier molecular flexibility index (Phi) is 13.4. The standard InChI is InChI=1S/C34H55NO9/c1-3-35-29(39)11-7-10-22-13-14-23(22)17-25-27(43-34-33(42)32(41)31(40)28(19-36)44-34)18-26(38)30(25)20(2)16-24(37)15-12-21-8-5-4-6-9-21/h4-6,8-9,20,22-28,30-34,36-38,40-42H,3,7,10-19H2,1-2H3,(H,35,39). The molecule has 1 aliphatic heterocycles. The summed E-state index contributed by atoms with van der Waals surface area (Å²) in [6.45, 7) is 4.08. The molecule has 13 atom stereocenters. The van der Waals surface area contributed by atoms with Crippen LogP contribution in [0.5, 0.6) is 0 Å². The monoisotopic (exact) mass is 621 g/mol. The predicted molar refractivity (Wildman–Crippen MR) is 164 cm³/mol. The van der Waals surface area contributed by atoms with E-state index in [1.54, 1.807) is 0 Å². The van der Waals surface area contributed by atoms with Gasteiger partial charge < -0.3 is 45.4 Å². The van der Waals surface area contributed by atoms with E-state index in [2.05, 4.69) is 24.4 Å². The van der Waals surface area contributed by atoms with E-state index in [0.717, 1.165) is 38.5 Å². The Morgan fingerprint density at radius 3 is 2.45 bits per heavy atom. The molecule has 1 heterocycles. The number of rotatable bonds is 16. The van der Waals surface area contributed by atoms with E-state index in [1.807, 2.05) is 25.1 Å². The van der Waals surface area contributed by atoms with Gasteiger partial charge in [0.05, 0.1) is 24.9 Å². The zero-order chi connectivity index (χ0) is 31.8. The van der Waals surface area contributed by atoms with Crippen LogP contribution in [0.25, 0.3) is 0 Å². The Morgan fingerprint density at radius 2 is 1.80 bits per heavy atom. The van der Waals surface area contributed by atoms with Gasteiger partial charge in [-0.1, -0.05) is 37.3 Å². The molecule has 0 radical (unpaired) electrons. The highest BCUT2D eigenvalue weighted by Crippen LogP contribution is 2.50. The fourth-order valence-corrected chi connectivity index (χ4v) is 7.89. The van der Waals surface area contributed by atoms with Crippen LogP contribution in [0.15, 0.2) is 30.3 Å². The first-order valence-electron chi connectivity index (χ1n) is 16.8. The molecule has 1 amide bonds. The second kappa shape index (κ2) is 16.8. The Hall–Kier alpha value is -1.63. The number of hydrogen-bond donors (Lipinski definition) is 7. The molecule has 10 nitrogen and oxygen atoms in total. The Labute approximate surface area is 261 Å². The molecule has 10 heteroatoms. The third kappa shape index (κ3) is 9.00. The number of benzene rings is 1. The summed E-state index contributed by atoms with van der Waals surface area (Å²) in [7, 11) is 0. The maximum Gasteiger partial charge on any atom is 0.219 e. The van der Waals surface area contributed by atoms with Crippen LogP contribution < -0.4 is 5.32 Å². The van der Waals surface area contributed by atoms with Crippen LogP contribution in [0.3, 0.4) is 0 Å². The van der Waals surface area contributed by atoms with Crippen LogP contribution >= 0.6 is 0 Å². The molecule has 2 aliphatic carbocycles. The van der Waals surface area contributed by atoms with Crippen molar-refractivity contribution in [3.05, 3.63) is 35.9 Å². The van der Waals surface area contributed by atoms with Crippen molar-refractivity contribution in [2.75, 3.05) is 13.2 Å². The largest absolute Gasteiger partial charge is 0.394 e. The normalized spacial score (nSPS) is 36.9. The lowest BCUT2D eigenvalue weighted by molar-refractivity contribution is -0.314. The number of carbonyl (C=O) groups excluding carboxylic acids is 1. The molecule has 250 valence electrons. The molecule has 3 aliphatic rings. The lowest BCUT2D eigenvalue weighted by atomic mass is 9.65. The first kappa shape index (κ1) is 35.2. The summed E-state index contributed by atoms with van der Waals surface area (Å²) < 4.78 is 12.0. The van der Waals surface area contributed by atoms with Gasteiger partial charge >= 0.3 is 0 Å². The number of ether oxygens (including phenoxy) is 2. The zero-order valence-corrected chi connectivity index (χ0v) is 26.3. The molecule has 44 heavy (non-hydrogen) atoms. The zero-order valence-electron chi connectivity index (χ0n) is 26.3. The quantitative estimate of drug-likeness (QED) is 0.146. The van der Waals surface area contributed by atoms with Crippen molar-refractivity contribution in [1.82, 2.24) is 5.32 Å². The predicted octanol–water partition coefficient (Wildman–Crippen LogP) is 1.91. The van der Waals surface area contributed by atoms with Crippen LogP contribution in [-0.4, -0.2) is 98.7 Å². The van der Waals surface area contributed by atoms with Gasteiger partial charge in [0.25, 0.3) is 0 Å². The molecule has 13 unspecified atom stereocenters. The van der Waals surface area contributed by atoms with Crippen molar-refractivity contribution in [1.29, 1.82) is 0 Å². The SMILES string of the molecule is CCNC(=O)CCCC1CCC1CC1C(OC2OC(CO)C(O)C(O)C2O)CC(O)C1C(C)CC(O)CCc1ccccc1. The molecule has 3 fully saturated rings. The van der Waals surface area contributed by atoms with Gasteiger partial charge in [0, 0.05) is 19.4 Å². The number of amides is 1. The Bertz CT molecular complexity index is 996. The summed E-state index contributed by atoms with van der Waals surface area (Å²) >= 11 is 0. The number of carbonyl (C=O) groups is 1. The summed E-state index contributed by atoms with van der Waals surface area (Å²) in [5.74, 6) is 0.758.